The molecule has 0 unspecified atom stereocenters. The van der Waals surface area contributed by atoms with Gasteiger partial charge < -0.3 is 19.4 Å². The van der Waals surface area contributed by atoms with Gasteiger partial charge in [0.1, 0.15) is 25.9 Å². The van der Waals surface area contributed by atoms with E-state index >= 15 is 0 Å². The van der Waals surface area contributed by atoms with Crippen LogP contribution in [0.5, 0.6) is 0 Å². The van der Waals surface area contributed by atoms with E-state index in [1.165, 1.54) is 5.71 Å². The zero-order valence-corrected chi connectivity index (χ0v) is 54.5. The number of hydrogen-bond donors (Lipinski definition) is 0. The average molecular weight is 999 g/mol. The maximum Gasteiger partial charge on any atom is 0.129 e. The summed E-state index contributed by atoms with van der Waals surface area (Å²) in [5.41, 5.74) is 5.68. The molecule has 0 aromatic carbocycles. The Kier molecular flexibility index (Phi) is 55.4. The molecule has 0 bridgehead atoms. The molecule has 0 aliphatic carbocycles. The second kappa shape index (κ2) is 47.5. The van der Waals surface area contributed by atoms with Crippen LogP contribution in [0.3, 0.4) is 0 Å². The van der Waals surface area contributed by atoms with E-state index in [0.717, 1.165) is 58.4 Å². The molecule has 424 valence electrons. The van der Waals surface area contributed by atoms with Gasteiger partial charge in [-0.2, -0.15) is 0 Å². The minimum atomic E-state index is -0.185. The van der Waals surface area contributed by atoms with Crippen LogP contribution in [-0.2, 0) is 19.4 Å². The molecule has 0 aliphatic rings. The molecule has 0 aromatic heterocycles. The highest BCUT2D eigenvalue weighted by Gasteiger charge is 2.16. The fraction of sp³-hybridized carbons (Fsp3) is 0.918. The molecule has 0 radical (unpaired) electrons. The van der Waals surface area contributed by atoms with Gasteiger partial charge >= 0.3 is 0 Å². The molecular formula is C61H131N5O4. The Morgan fingerprint density at radius 2 is 0.529 bits per heavy atom. The van der Waals surface area contributed by atoms with E-state index in [0.29, 0.717) is 72.4 Å². The van der Waals surface area contributed by atoms with Gasteiger partial charge in [-0.05, 0) is 129 Å². The predicted octanol–water partition coefficient (Wildman–Crippen LogP) is 19.4. The zero-order valence-electron chi connectivity index (χ0n) is 54.5. The SMILES string of the molecule is CC(C)C(=NOC(C)(C)C)C(C)C.CC(C)C(C)C(C)C.CC(C)C(C)C(C)C.CCON=C(C(C)C)C(C)C.CCON=C(C(C)C)C(C)C.CN=C(C(C)C)C(C)C.CON=C(C(C)C)C(C)C. The lowest BCUT2D eigenvalue weighted by Gasteiger charge is -2.19. The monoisotopic (exact) mass is 998 g/mol. The van der Waals surface area contributed by atoms with E-state index in [4.69, 9.17) is 19.4 Å². The van der Waals surface area contributed by atoms with E-state index < -0.39 is 0 Å². The molecular weight excluding hydrogens is 867 g/mol. The third-order valence-corrected chi connectivity index (χ3v) is 11.6. The quantitative estimate of drug-likeness (QED) is 0.0896. The molecule has 0 atom stereocenters. The van der Waals surface area contributed by atoms with Crippen molar-refractivity contribution in [2.45, 2.75) is 248 Å². The van der Waals surface area contributed by atoms with Crippen LogP contribution in [-0.4, -0.2) is 61.5 Å². The topological polar surface area (TPSA) is 98.7 Å². The maximum atomic E-state index is 5.40. The molecule has 0 rings (SSSR count). The second-order valence-electron chi connectivity index (χ2n) is 24.2. The highest BCUT2D eigenvalue weighted by molar-refractivity contribution is 5.89. The Labute approximate surface area is 441 Å². The van der Waals surface area contributed by atoms with Crippen molar-refractivity contribution in [3.05, 3.63) is 0 Å². The lowest BCUT2D eigenvalue weighted by molar-refractivity contribution is -0.000607. The van der Waals surface area contributed by atoms with Gasteiger partial charge in [-0.25, -0.2) is 0 Å². The first-order valence-electron chi connectivity index (χ1n) is 27.9. The lowest BCUT2D eigenvalue weighted by Crippen LogP contribution is -2.21. The van der Waals surface area contributed by atoms with Crippen LogP contribution in [0.1, 0.15) is 242 Å². The molecule has 9 nitrogen and oxygen atoms in total. The van der Waals surface area contributed by atoms with Crippen LogP contribution in [0, 0.1) is 94.7 Å². The van der Waals surface area contributed by atoms with Crippen LogP contribution < -0.4 is 0 Å². The molecule has 0 saturated heterocycles. The fourth-order valence-corrected chi connectivity index (χ4v) is 6.81. The highest BCUT2D eigenvalue weighted by Crippen LogP contribution is 2.19. The molecule has 70 heavy (non-hydrogen) atoms. The highest BCUT2D eigenvalue weighted by atomic mass is 16.6. The van der Waals surface area contributed by atoms with E-state index in [2.05, 4.69) is 233 Å². The van der Waals surface area contributed by atoms with Crippen molar-refractivity contribution in [1.82, 2.24) is 0 Å². The van der Waals surface area contributed by atoms with Crippen molar-refractivity contribution in [2.24, 2.45) is 120 Å². The third kappa shape index (κ3) is 51.9. The summed E-state index contributed by atoms with van der Waals surface area (Å²) in [4.78, 5) is 24.3. The van der Waals surface area contributed by atoms with Crippen molar-refractivity contribution < 1.29 is 19.4 Å². The summed E-state index contributed by atoms with van der Waals surface area (Å²) < 4.78 is 0. The summed E-state index contributed by atoms with van der Waals surface area (Å²) >= 11 is 0. The predicted molar refractivity (Wildman–Crippen MR) is 320 cm³/mol. The molecule has 0 N–H and O–H groups in total. The Morgan fingerprint density at radius 3 is 0.629 bits per heavy atom. The average Bonchev–Trinajstić information content (AvgIpc) is 3.19. The molecule has 0 aromatic rings. The number of hydrogen-bond acceptors (Lipinski definition) is 9. The Hall–Kier alpha value is -2.45. The van der Waals surface area contributed by atoms with E-state index in [1.807, 2.05) is 41.7 Å². The van der Waals surface area contributed by atoms with Gasteiger partial charge in [0.15, 0.2) is 0 Å². The van der Waals surface area contributed by atoms with Crippen molar-refractivity contribution in [1.29, 1.82) is 0 Å². The normalized spacial score (nSPS) is 11.1. The van der Waals surface area contributed by atoms with Crippen molar-refractivity contribution in [2.75, 3.05) is 27.4 Å². The summed E-state index contributed by atoms with van der Waals surface area (Å²) in [6, 6.07) is 0. The molecule has 0 aliphatic heterocycles. The Balaban J connectivity index is -0.000000133. The minimum Gasteiger partial charge on any atom is -0.399 e. The summed E-state index contributed by atoms with van der Waals surface area (Å²) in [6.07, 6.45) is 0. The molecule has 0 amide bonds. The first-order valence-corrected chi connectivity index (χ1v) is 27.9. The largest absolute Gasteiger partial charge is 0.399 e. The first-order chi connectivity index (χ1) is 31.7. The summed E-state index contributed by atoms with van der Waals surface area (Å²) in [6.45, 7) is 77.0. The first kappa shape index (κ1) is 81.6. The molecule has 0 fully saturated rings. The van der Waals surface area contributed by atoms with Crippen LogP contribution in [0.25, 0.3) is 0 Å². The lowest BCUT2D eigenvalue weighted by atomic mass is 9.88. The van der Waals surface area contributed by atoms with Gasteiger partial charge in [0.25, 0.3) is 0 Å². The Bertz CT molecular complexity index is 1190. The smallest absolute Gasteiger partial charge is 0.129 e. The summed E-state index contributed by atoms with van der Waals surface area (Å²) in [5, 5.41) is 16.3. The zero-order chi connectivity index (χ0) is 57.4. The molecule has 0 heterocycles. The van der Waals surface area contributed by atoms with Crippen LogP contribution >= 0.6 is 0 Å². The van der Waals surface area contributed by atoms with Crippen molar-refractivity contribution >= 4 is 28.6 Å². The molecule has 0 spiro atoms. The number of nitrogens with zero attached hydrogens (tertiary/aromatic N) is 5. The van der Waals surface area contributed by atoms with E-state index in [1.54, 1.807) is 7.11 Å². The van der Waals surface area contributed by atoms with Crippen LogP contribution in [0.15, 0.2) is 25.6 Å². The fourth-order valence-electron chi connectivity index (χ4n) is 6.81. The maximum absolute atomic E-state index is 5.40. The van der Waals surface area contributed by atoms with Crippen LogP contribution in [0.2, 0.25) is 0 Å². The number of rotatable bonds is 20. The van der Waals surface area contributed by atoms with Gasteiger partial charge in [0.05, 0.1) is 22.8 Å². The van der Waals surface area contributed by atoms with Gasteiger partial charge in [-0.1, -0.05) is 228 Å². The van der Waals surface area contributed by atoms with Gasteiger partial charge in [0.2, 0.25) is 0 Å². The van der Waals surface area contributed by atoms with Crippen molar-refractivity contribution in [3.8, 4) is 0 Å². The second-order valence-corrected chi connectivity index (χ2v) is 24.2. The van der Waals surface area contributed by atoms with Gasteiger partial charge in [-0.15, -0.1) is 0 Å². The summed E-state index contributed by atoms with van der Waals surface area (Å²) in [7, 11) is 3.46. The van der Waals surface area contributed by atoms with Crippen LogP contribution in [0.4, 0.5) is 0 Å². The summed E-state index contributed by atoms with van der Waals surface area (Å²) in [5.74, 6) is 10.2. The third-order valence-electron chi connectivity index (χ3n) is 11.6. The molecule has 9 heteroatoms. The Morgan fingerprint density at radius 1 is 0.329 bits per heavy atom. The van der Waals surface area contributed by atoms with Gasteiger partial charge in [0, 0.05) is 12.8 Å². The number of aliphatic imine (C=N–C) groups is 1. The minimum absolute atomic E-state index is 0.185. The van der Waals surface area contributed by atoms with E-state index in [-0.39, 0.29) is 5.60 Å². The molecule has 0 saturated carbocycles. The number of oxime groups is 4. The van der Waals surface area contributed by atoms with Crippen molar-refractivity contribution in [3.63, 3.8) is 0 Å². The van der Waals surface area contributed by atoms with Gasteiger partial charge in [-0.3, -0.25) is 4.99 Å². The standard InChI is InChI=1S/C11H23NO.2C9H19NO.C8H17NO.C8H17N.2C8H18/c1-8(2)10(9(3)4)12-13-11(5,6)7;2*1-6-11-10-9(7(2)3)8(4)5;1-6(2)8(7(3)4)9-10-5;1-6(2)8(9-5)7(3)4;2*1-6(2)8(5)7(3)4/h8-9H,1-7H3;2*7-8H,6H2,1-5H3;6-7H,1-5H3;6-7H,1-5H3;2*6-8H,1-5H3. The van der Waals surface area contributed by atoms with E-state index in [9.17, 15) is 0 Å².